The molecule has 2 aromatic heterocycles. The first kappa shape index (κ1) is 19.2. The molecule has 1 fully saturated rings. The Morgan fingerprint density at radius 1 is 1.07 bits per heavy atom. The van der Waals surface area contributed by atoms with Crippen LogP contribution in [0, 0.1) is 6.92 Å². The summed E-state index contributed by atoms with van der Waals surface area (Å²) in [5.41, 5.74) is 2.37. The van der Waals surface area contributed by atoms with Crippen LogP contribution in [0.1, 0.15) is 47.5 Å². The summed E-state index contributed by atoms with van der Waals surface area (Å²) >= 11 is 1.56. The van der Waals surface area contributed by atoms with Gasteiger partial charge in [-0.3, -0.25) is 4.79 Å². The first-order valence-corrected chi connectivity index (χ1v) is 11.2. The lowest BCUT2D eigenvalue weighted by Gasteiger charge is -2.19. The molecule has 5 heteroatoms. The van der Waals surface area contributed by atoms with Gasteiger partial charge in [0.05, 0.1) is 10.4 Å². The molecule has 4 rings (SSSR count). The fourth-order valence-electron chi connectivity index (χ4n) is 4.11. The van der Waals surface area contributed by atoms with Gasteiger partial charge < -0.3 is 14.8 Å². The molecule has 0 saturated carbocycles. The van der Waals surface area contributed by atoms with Crippen molar-refractivity contribution in [2.45, 2.75) is 39.0 Å². The molecule has 0 spiro atoms. The highest BCUT2D eigenvalue weighted by Gasteiger charge is 2.14. The largest absolute Gasteiger partial charge is 0.351 e. The van der Waals surface area contributed by atoms with E-state index >= 15 is 0 Å². The van der Waals surface area contributed by atoms with Gasteiger partial charge in [0.1, 0.15) is 5.00 Å². The lowest BCUT2D eigenvalue weighted by atomic mass is 10.2. The van der Waals surface area contributed by atoms with E-state index in [1.165, 1.54) is 55.4 Å². The van der Waals surface area contributed by atoms with Gasteiger partial charge >= 0.3 is 0 Å². The number of para-hydroxylation sites is 1. The summed E-state index contributed by atoms with van der Waals surface area (Å²) in [7, 11) is 0. The minimum atomic E-state index is 0.0428. The van der Waals surface area contributed by atoms with Crippen LogP contribution >= 0.6 is 11.3 Å². The van der Waals surface area contributed by atoms with E-state index < -0.39 is 0 Å². The van der Waals surface area contributed by atoms with E-state index in [2.05, 4.69) is 58.1 Å². The van der Waals surface area contributed by atoms with Gasteiger partial charge in [-0.25, -0.2) is 0 Å². The highest BCUT2D eigenvalue weighted by atomic mass is 32.1. The summed E-state index contributed by atoms with van der Waals surface area (Å²) in [6.45, 7) is 6.37. The van der Waals surface area contributed by atoms with E-state index in [4.69, 9.17) is 0 Å². The van der Waals surface area contributed by atoms with Crippen LogP contribution in [0.3, 0.4) is 0 Å². The Kier molecular flexibility index (Phi) is 6.13. The minimum Gasteiger partial charge on any atom is -0.351 e. The zero-order valence-electron chi connectivity index (χ0n) is 16.6. The Labute approximate surface area is 171 Å². The highest BCUT2D eigenvalue weighted by molar-refractivity contribution is 7.16. The molecular weight excluding hydrogens is 366 g/mol. The van der Waals surface area contributed by atoms with Crippen molar-refractivity contribution in [2.24, 2.45) is 0 Å². The molecule has 0 radical (unpaired) electrons. The maximum Gasteiger partial charge on any atom is 0.261 e. The van der Waals surface area contributed by atoms with Crippen LogP contribution in [0.2, 0.25) is 0 Å². The lowest BCUT2D eigenvalue weighted by molar-refractivity contribution is 0.0955. The average molecular weight is 396 g/mol. The second-order valence-electron chi connectivity index (χ2n) is 7.68. The Bertz CT molecular complexity index is 934. The van der Waals surface area contributed by atoms with Gasteiger partial charge in [-0.05, 0) is 70.1 Å². The molecule has 28 heavy (non-hydrogen) atoms. The van der Waals surface area contributed by atoms with E-state index in [0.29, 0.717) is 0 Å². The first-order valence-electron chi connectivity index (χ1n) is 10.4. The van der Waals surface area contributed by atoms with E-state index in [1.807, 2.05) is 6.07 Å². The van der Waals surface area contributed by atoms with Crippen molar-refractivity contribution >= 4 is 28.1 Å². The molecule has 1 aliphatic heterocycles. The third kappa shape index (κ3) is 4.31. The van der Waals surface area contributed by atoms with E-state index in [-0.39, 0.29) is 5.91 Å². The maximum atomic E-state index is 12.6. The second-order valence-corrected chi connectivity index (χ2v) is 8.75. The summed E-state index contributed by atoms with van der Waals surface area (Å²) in [6, 6.07) is 14.6. The number of fused-ring (bicyclic) bond motifs is 1. The first-order chi connectivity index (χ1) is 13.7. The van der Waals surface area contributed by atoms with Crippen molar-refractivity contribution in [3.05, 3.63) is 53.0 Å². The summed E-state index contributed by atoms with van der Waals surface area (Å²) < 4.78 is 2.23. The number of benzene rings is 1. The molecule has 3 heterocycles. The average Bonchev–Trinajstić information content (AvgIpc) is 3.20. The van der Waals surface area contributed by atoms with Gasteiger partial charge in [-0.1, -0.05) is 31.0 Å². The van der Waals surface area contributed by atoms with Gasteiger partial charge in [0.25, 0.3) is 5.91 Å². The number of hydrogen-bond donors (Lipinski definition) is 1. The number of rotatable bonds is 6. The Morgan fingerprint density at radius 3 is 2.68 bits per heavy atom. The lowest BCUT2D eigenvalue weighted by Crippen LogP contribution is -2.30. The van der Waals surface area contributed by atoms with Crippen molar-refractivity contribution in [1.82, 2.24) is 14.8 Å². The topological polar surface area (TPSA) is 37.3 Å². The molecule has 1 aliphatic rings. The molecule has 0 bridgehead atoms. The number of carbonyl (C=O) groups excluding carboxylic acids is 1. The maximum absolute atomic E-state index is 12.6. The third-order valence-corrected chi connectivity index (χ3v) is 6.64. The van der Waals surface area contributed by atoms with Crippen molar-refractivity contribution < 1.29 is 4.79 Å². The minimum absolute atomic E-state index is 0.0428. The third-order valence-electron chi connectivity index (χ3n) is 5.57. The molecule has 1 amide bonds. The van der Waals surface area contributed by atoms with E-state index in [1.54, 1.807) is 11.3 Å². The molecule has 0 aliphatic carbocycles. The molecule has 148 valence electrons. The molecule has 4 nitrogen and oxygen atoms in total. The monoisotopic (exact) mass is 395 g/mol. The summed E-state index contributed by atoms with van der Waals surface area (Å²) in [6.07, 6.45) is 6.38. The number of nitrogens with zero attached hydrogens (tertiary/aromatic N) is 2. The number of thiophene rings is 1. The Morgan fingerprint density at radius 2 is 1.86 bits per heavy atom. The summed E-state index contributed by atoms with van der Waals surface area (Å²) in [5.74, 6) is 0.0428. The molecule has 1 saturated heterocycles. The number of aryl methyl sites for hydroxylation is 1. The van der Waals surface area contributed by atoms with E-state index in [0.717, 1.165) is 29.4 Å². The standard InChI is InChI=1S/C23H29N3OS/c1-18-17-19-9-4-5-10-20(19)26(18)22-12-11-21(28-22)23(27)24-13-8-16-25-14-6-2-3-7-15-25/h4-5,9-12,17H,2-3,6-8,13-16H2,1H3,(H,24,27). The number of hydrogen-bond acceptors (Lipinski definition) is 3. The van der Waals surface area contributed by atoms with Crippen LogP contribution in [0.4, 0.5) is 0 Å². The zero-order chi connectivity index (χ0) is 19.3. The van der Waals surface area contributed by atoms with Crippen LogP contribution in [0.25, 0.3) is 15.9 Å². The second kappa shape index (κ2) is 8.93. The van der Waals surface area contributed by atoms with Gasteiger partial charge in [-0.15, -0.1) is 11.3 Å². The Hall–Kier alpha value is -2.11. The molecule has 3 aromatic rings. The number of likely N-dealkylation sites (tertiary alicyclic amines) is 1. The predicted octanol–water partition coefficient (Wildman–Crippen LogP) is 5.00. The SMILES string of the molecule is Cc1cc2ccccc2n1-c1ccc(C(=O)NCCCN2CCCCCC2)s1. The zero-order valence-corrected chi connectivity index (χ0v) is 17.4. The molecular formula is C23H29N3OS. The van der Waals surface area contributed by atoms with Crippen LogP contribution in [-0.4, -0.2) is 41.6 Å². The summed E-state index contributed by atoms with van der Waals surface area (Å²) in [5, 5.41) is 5.42. The van der Waals surface area contributed by atoms with Gasteiger partial charge in [0.15, 0.2) is 0 Å². The van der Waals surface area contributed by atoms with Crippen molar-refractivity contribution in [1.29, 1.82) is 0 Å². The predicted molar refractivity (Wildman–Crippen MR) is 118 cm³/mol. The van der Waals surface area contributed by atoms with Crippen LogP contribution in [0.15, 0.2) is 42.5 Å². The fourth-order valence-corrected chi connectivity index (χ4v) is 5.10. The molecule has 0 atom stereocenters. The van der Waals surface area contributed by atoms with Crippen molar-refractivity contribution in [2.75, 3.05) is 26.2 Å². The number of carbonyl (C=O) groups is 1. The fraction of sp³-hybridized carbons (Fsp3) is 0.435. The molecule has 1 aromatic carbocycles. The van der Waals surface area contributed by atoms with E-state index in [9.17, 15) is 4.79 Å². The van der Waals surface area contributed by atoms with Crippen LogP contribution in [-0.2, 0) is 0 Å². The van der Waals surface area contributed by atoms with Gasteiger partial charge in [-0.2, -0.15) is 0 Å². The molecule has 0 unspecified atom stereocenters. The molecule has 1 N–H and O–H groups in total. The quantitative estimate of drug-likeness (QED) is 0.597. The normalized spacial score (nSPS) is 15.6. The number of nitrogens with one attached hydrogen (secondary N) is 1. The smallest absolute Gasteiger partial charge is 0.261 e. The highest BCUT2D eigenvalue weighted by Crippen LogP contribution is 2.28. The van der Waals surface area contributed by atoms with Crippen LogP contribution in [0.5, 0.6) is 0 Å². The van der Waals surface area contributed by atoms with Crippen LogP contribution < -0.4 is 5.32 Å². The Balaban J connectivity index is 1.34. The van der Waals surface area contributed by atoms with Crippen molar-refractivity contribution in [3.63, 3.8) is 0 Å². The van der Waals surface area contributed by atoms with Crippen molar-refractivity contribution in [3.8, 4) is 5.00 Å². The van der Waals surface area contributed by atoms with Gasteiger partial charge in [0.2, 0.25) is 0 Å². The van der Waals surface area contributed by atoms with Gasteiger partial charge in [0, 0.05) is 17.6 Å². The summed E-state index contributed by atoms with van der Waals surface area (Å²) in [4.78, 5) is 15.9. The number of amides is 1. The number of aromatic nitrogens is 1.